The molecule has 4 aliphatic carbocycles. The van der Waals surface area contributed by atoms with Gasteiger partial charge in [0.2, 0.25) is 0 Å². The van der Waals surface area contributed by atoms with Gasteiger partial charge in [-0.3, -0.25) is 4.79 Å². The molecule has 0 radical (unpaired) electrons. The number of fused-ring (bicyclic) bond motifs is 3. The van der Waals surface area contributed by atoms with Crippen LogP contribution in [-0.2, 0) is 14.3 Å². The maximum Gasteiger partial charge on any atom is 0.303 e. The third-order valence-corrected chi connectivity index (χ3v) is 8.97. The summed E-state index contributed by atoms with van der Waals surface area (Å²) in [5.41, 5.74) is -1.50. The van der Waals surface area contributed by atoms with Gasteiger partial charge in [0.05, 0.1) is 23.7 Å². The Labute approximate surface area is 166 Å². The van der Waals surface area contributed by atoms with E-state index in [4.69, 9.17) is 4.74 Å². The predicted octanol–water partition coefficient (Wildman–Crippen LogP) is 1.61. The number of carbonyl (C=O) groups excluding carboxylic acids is 2. The second kappa shape index (κ2) is 6.13. The van der Waals surface area contributed by atoms with E-state index < -0.39 is 47.1 Å². The van der Waals surface area contributed by atoms with Crippen molar-refractivity contribution >= 4 is 12.3 Å². The fraction of sp³-hybridized carbons (Fsp3) is 0.818. The molecule has 10 atom stereocenters. The smallest absolute Gasteiger partial charge is 0.303 e. The van der Waals surface area contributed by atoms with Crippen LogP contribution in [0.3, 0.4) is 0 Å². The van der Waals surface area contributed by atoms with Crippen molar-refractivity contribution < 1.29 is 29.6 Å². The lowest BCUT2D eigenvalue weighted by atomic mass is 9.39. The Kier molecular flexibility index (Phi) is 4.39. The van der Waals surface area contributed by atoms with Crippen LogP contribution in [0.25, 0.3) is 0 Å². The van der Waals surface area contributed by atoms with Gasteiger partial charge in [0.25, 0.3) is 0 Å². The summed E-state index contributed by atoms with van der Waals surface area (Å²) < 4.78 is 5.65. The quantitative estimate of drug-likeness (QED) is 0.375. The Morgan fingerprint density at radius 1 is 1.18 bits per heavy atom. The number of carbonyl (C=O) groups is 2. The van der Waals surface area contributed by atoms with Gasteiger partial charge in [0, 0.05) is 18.3 Å². The lowest BCUT2D eigenvalue weighted by Crippen LogP contribution is -2.69. The summed E-state index contributed by atoms with van der Waals surface area (Å²) in [5.74, 6) is -1.44. The van der Waals surface area contributed by atoms with E-state index in [1.54, 1.807) is 0 Å². The molecule has 156 valence electrons. The molecular weight excluding hydrogens is 360 g/mol. The first kappa shape index (κ1) is 20.0. The van der Waals surface area contributed by atoms with Crippen LogP contribution in [0, 0.1) is 34.0 Å². The predicted molar refractivity (Wildman–Crippen MR) is 101 cm³/mol. The maximum atomic E-state index is 12.0. The normalized spacial score (nSPS) is 55.2. The van der Waals surface area contributed by atoms with E-state index in [1.807, 2.05) is 6.92 Å². The second-order valence-electron chi connectivity index (χ2n) is 10.2. The van der Waals surface area contributed by atoms with Crippen LogP contribution in [0.1, 0.15) is 52.9 Å². The first-order chi connectivity index (χ1) is 13.0. The van der Waals surface area contributed by atoms with Gasteiger partial charge < -0.3 is 24.9 Å². The molecule has 4 aliphatic rings. The second-order valence-corrected chi connectivity index (χ2v) is 10.2. The molecule has 0 amide bonds. The molecule has 4 fully saturated rings. The first-order valence-electron chi connectivity index (χ1n) is 10.4. The van der Waals surface area contributed by atoms with Crippen LogP contribution in [-0.4, -0.2) is 52.0 Å². The molecule has 3 N–H and O–H groups in total. The minimum Gasteiger partial charge on any atom is -0.457 e. The number of aliphatic hydroxyl groups excluding tert-OH is 3. The molecule has 2 bridgehead atoms. The molecule has 0 aromatic heterocycles. The third kappa shape index (κ3) is 2.20. The Morgan fingerprint density at radius 3 is 2.46 bits per heavy atom. The number of hydrogen-bond acceptors (Lipinski definition) is 6. The van der Waals surface area contributed by atoms with E-state index in [1.165, 1.54) is 6.92 Å². The van der Waals surface area contributed by atoms with E-state index in [9.17, 15) is 24.9 Å². The van der Waals surface area contributed by atoms with Gasteiger partial charge >= 0.3 is 5.97 Å². The van der Waals surface area contributed by atoms with Crippen LogP contribution >= 0.6 is 0 Å². The van der Waals surface area contributed by atoms with Crippen LogP contribution in [0.2, 0.25) is 0 Å². The van der Waals surface area contributed by atoms with Crippen molar-refractivity contribution in [1.29, 1.82) is 0 Å². The van der Waals surface area contributed by atoms with Gasteiger partial charge in [-0.15, -0.1) is 0 Å². The van der Waals surface area contributed by atoms with Crippen LogP contribution in [0.5, 0.6) is 0 Å². The number of hydrogen-bond donors (Lipinski definition) is 3. The highest BCUT2D eigenvalue weighted by Crippen LogP contribution is 2.72. The highest BCUT2D eigenvalue weighted by Gasteiger charge is 2.76. The van der Waals surface area contributed by atoms with E-state index in [0.717, 1.165) is 25.5 Å². The van der Waals surface area contributed by atoms with E-state index in [0.29, 0.717) is 18.4 Å². The largest absolute Gasteiger partial charge is 0.457 e. The molecule has 4 rings (SSSR count). The number of aldehydes is 1. The number of esters is 1. The Balaban J connectivity index is 1.89. The zero-order chi connectivity index (χ0) is 20.6. The molecule has 6 nitrogen and oxygen atoms in total. The van der Waals surface area contributed by atoms with Crippen molar-refractivity contribution in [3.05, 3.63) is 12.2 Å². The summed E-state index contributed by atoms with van der Waals surface area (Å²) in [7, 11) is 0. The van der Waals surface area contributed by atoms with E-state index in [2.05, 4.69) is 13.5 Å². The standard InChI is InChI=1S/C22H32O6/c1-11-17-13(25)8-15-21(4)7-5-6-20(3,10-23)14(21)9-16(26)22(15,18(17)27)19(11)28-12(2)24/h10,13-19,25-27H,1,5-9H2,2-4H3/t13-,14+,15-,16+,17+,18+,19+,20+,21+,22+/m0/s1. The number of aliphatic hydroxyl groups is 3. The minimum atomic E-state index is -1.08. The molecular formula is C22H32O6. The number of rotatable bonds is 2. The van der Waals surface area contributed by atoms with Gasteiger partial charge in [0.1, 0.15) is 12.4 Å². The van der Waals surface area contributed by atoms with Crippen molar-refractivity contribution in [2.24, 2.45) is 34.0 Å². The SMILES string of the molecule is C=C1[C@H]2[C@@H](O)[C@@]3([C@H](O)C[C@H]4[C@@](C)(CCC[C@]4(C)C=O)[C@@H]3C[C@@H]2O)[C@@H]1OC(C)=O. The van der Waals surface area contributed by atoms with Crippen LogP contribution in [0.4, 0.5) is 0 Å². The lowest BCUT2D eigenvalue weighted by molar-refractivity contribution is -0.263. The number of ether oxygens (including phenoxy) is 1. The topological polar surface area (TPSA) is 104 Å². The van der Waals surface area contributed by atoms with Gasteiger partial charge in [0.15, 0.2) is 0 Å². The highest BCUT2D eigenvalue weighted by atomic mass is 16.5. The first-order valence-corrected chi connectivity index (χ1v) is 10.4. The van der Waals surface area contributed by atoms with Crippen LogP contribution < -0.4 is 0 Å². The Morgan fingerprint density at radius 2 is 1.86 bits per heavy atom. The van der Waals surface area contributed by atoms with Gasteiger partial charge in [-0.05, 0) is 48.5 Å². The lowest BCUT2D eigenvalue weighted by Gasteiger charge is -2.66. The van der Waals surface area contributed by atoms with E-state index in [-0.39, 0.29) is 17.3 Å². The molecule has 0 heterocycles. The maximum absolute atomic E-state index is 12.0. The van der Waals surface area contributed by atoms with Crippen molar-refractivity contribution in [2.45, 2.75) is 77.3 Å². The summed E-state index contributed by atoms with van der Waals surface area (Å²) in [5, 5.41) is 33.7. The average molecular weight is 392 g/mol. The average Bonchev–Trinajstić information content (AvgIpc) is 2.75. The van der Waals surface area contributed by atoms with Crippen molar-refractivity contribution in [3.8, 4) is 0 Å². The van der Waals surface area contributed by atoms with Crippen molar-refractivity contribution in [1.82, 2.24) is 0 Å². The fourth-order valence-electron chi connectivity index (χ4n) is 7.87. The molecule has 0 unspecified atom stereocenters. The van der Waals surface area contributed by atoms with Crippen molar-refractivity contribution in [2.75, 3.05) is 0 Å². The molecule has 0 aromatic rings. The zero-order valence-corrected chi connectivity index (χ0v) is 16.9. The Hall–Kier alpha value is -1.24. The third-order valence-electron chi connectivity index (χ3n) is 8.97. The minimum absolute atomic E-state index is 0.0559. The monoisotopic (exact) mass is 392 g/mol. The summed E-state index contributed by atoms with van der Waals surface area (Å²) in [6.45, 7) is 9.46. The summed E-state index contributed by atoms with van der Waals surface area (Å²) in [4.78, 5) is 23.9. The molecule has 0 saturated heterocycles. The molecule has 0 aliphatic heterocycles. The van der Waals surface area contributed by atoms with Gasteiger partial charge in [-0.2, -0.15) is 0 Å². The fourth-order valence-corrected chi connectivity index (χ4v) is 7.87. The van der Waals surface area contributed by atoms with Crippen LogP contribution in [0.15, 0.2) is 12.2 Å². The molecule has 28 heavy (non-hydrogen) atoms. The highest BCUT2D eigenvalue weighted by molar-refractivity contribution is 5.67. The summed E-state index contributed by atoms with van der Waals surface area (Å²) in [6.07, 6.45) is 0.676. The summed E-state index contributed by atoms with van der Waals surface area (Å²) in [6, 6.07) is 0. The molecule has 1 spiro atoms. The summed E-state index contributed by atoms with van der Waals surface area (Å²) >= 11 is 0. The molecule has 4 saturated carbocycles. The molecule has 6 heteroatoms. The molecule has 0 aromatic carbocycles. The van der Waals surface area contributed by atoms with Gasteiger partial charge in [-0.1, -0.05) is 26.8 Å². The van der Waals surface area contributed by atoms with Gasteiger partial charge in [-0.25, -0.2) is 0 Å². The van der Waals surface area contributed by atoms with Crippen molar-refractivity contribution in [3.63, 3.8) is 0 Å². The van der Waals surface area contributed by atoms with E-state index >= 15 is 0 Å². The Bertz CT molecular complexity index is 720. The zero-order valence-electron chi connectivity index (χ0n) is 16.9.